The smallest absolute Gasteiger partial charge is 0.317 e. The van der Waals surface area contributed by atoms with E-state index in [1.165, 1.54) is 6.08 Å². The summed E-state index contributed by atoms with van der Waals surface area (Å²) in [6.07, 6.45) is 2.02. The normalized spacial score (nSPS) is 18.4. The minimum Gasteiger partial charge on any atom is -0.497 e. The second kappa shape index (κ2) is 9.48. The fourth-order valence-corrected chi connectivity index (χ4v) is 3.76. The lowest BCUT2D eigenvalue weighted by atomic mass is 9.73. The first kappa shape index (κ1) is 21.4. The quantitative estimate of drug-likeness (QED) is 0.507. The van der Waals surface area contributed by atoms with Crippen molar-refractivity contribution in [1.82, 2.24) is 0 Å². The standard InChI is InChI=1S/C24H26O6/c1-5-30-24(26)23-21(15-7-6-8-18(9-15)27-2)12-17(13-22(23)25)16-10-19(28-3)14-20(11-16)29-4/h6-11,13-14,21,23H,5,12H2,1-4H3/t21-,23+/m1/s1. The van der Waals surface area contributed by atoms with Crippen LogP contribution in [0.1, 0.15) is 30.4 Å². The molecule has 2 aromatic rings. The van der Waals surface area contributed by atoms with Crippen molar-refractivity contribution in [3.05, 3.63) is 59.7 Å². The summed E-state index contributed by atoms with van der Waals surface area (Å²) in [7, 11) is 4.74. The Labute approximate surface area is 176 Å². The van der Waals surface area contributed by atoms with E-state index in [-0.39, 0.29) is 18.3 Å². The molecule has 6 nitrogen and oxygen atoms in total. The number of allylic oxidation sites excluding steroid dienone is 2. The zero-order chi connectivity index (χ0) is 21.7. The number of carbonyl (C=O) groups excluding carboxylic acids is 2. The number of ether oxygens (including phenoxy) is 4. The van der Waals surface area contributed by atoms with Gasteiger partial charge in [-0.2, -0.15) is 0 Å². The van der Waals surface area contributed by atoms with E-state index in [4.69, 9.17) is 18.9 Å². The third-order valence-corrected chi connectivity index (χ3v) is 5.25. The van der Waals surface area contributed by atoms with E-state index in [0.29, 0.717) is 23.7 Å². The highest BCUT2D eigenvalue weighted by Crippen LogP contribution is 2.42. The van der Waals surface area contributed by atoms with Crippen molar-refractivity contribution in [2.75, 3.05) is 27.9 Å². The van der Waals surface area contributed by atoms with E-state index >= 15 is 0 Å². The van der Waals surface area contributed by atoms with Gasteiger partial charge in [-0.25, -0.2) is 0 Å². The maximum Gasteiger partial charge on any atom is 0.317 e. The summed E-state index contributed by atoms with van der Waals surface area (Å²) in [5.74, 6) is -0.122. The molecule has 0 N–H and O–H groups in total. The molecule has 0 spiro atoms. The Kier molecular flexibility index (Phi) is 6.77. The molecule has 0 amide bonds. The zero-order valence-corrected chi connectivity index (χ0v) is 17.6. The first-order valence-electron chi connectivity index (χ1n) is 9.79. The number of esters is 1. The van der Waals surface area contributed by atoms with Crippen LogP contribution in [-0.2, 0) is 14.3 Å². The van der Waals surface area contributed by atoms with Crippen molar-refractivity contribution in [2.24, 2.45) is 5.92 Å². The number of benzene rings is 2. The van der Waals surface area contributed by atoms with E-state index in [1.54, 1.807) is 34.3 Å². The number of hydrogen-bond donors (Lipinski definition) is 0. The van der Waals surface area contributed by atoms with Crippen LogP contribution in [0.5, 0.6) is 17.2 Å². The van der Waals surface area contributed by atoms with Crippen LogP contribution in [0.3, 0.4) is 0 Å². The predicted molar refractivity (Wildman–Crippen MR) is 113 cm³/mol. The molecule has 0 aliphatic heterocycles. The molecular formula is C24H26O6. The lowest BCUT2D eigenvalue weighted by molar-refractivity contribution is -0.151. The number of hydrogen-bond acceptors (Lipinski definition) is 6. The highest BCUT2D eigenvalue weighted by atomic mass is 16.5. The van der Waals surface area contributed by atoms with E-state index in [1.807, 2.05) is 36.4 Å². The third-order valence-electron chi connectivity index (χ3n) is 5.25. The van der Waals surface area contributed by atoms with Gasteiger partial charge in [-0.1, -0.05) is 12.1 Å². The molecule has 2 aromatic carbocycles. The van der Waals surface area contributed by atoms with Crippen LogP contribution in [0.4, 0.5) is 0 Å². The van der Waals surface area contributed by atoms with Gasteiger partial charge in [0.05, 0.1) is 27.9 Å². The number of rotatable bonds is 7. The molecule has 2 atom stereocenters. The van der Waals surface area contributed by atoms with Crippen LogP contribution in [-0.4, -0.2) is 39.7 Å². The predicted octanol–water partition coefficient (Wildman–Crippen LogP) is 4.03. The molecule has 0 aromatic heterocycles. The number of carbonyl (C=O) groups is 2. The van der Waals surface area contributed by atoms with Crippen LogP contribution >= 0.6 is 0 Å². The highest BCUT2D eigenvalue weighted by Gasteiger charge is 2.40. The Morgan fingerprint density at radius 2 is 1.63 bits per heavy atom. The van der Waals surface area contributed by atoms with E-state index in [0.717, 1.165) is 16.7 Å². The molecule has 0 fully saturated rings. The molecule has 0 saturated carbocycles. The van der Waals surface area contributed by atoms with Crippen molar-refractivity contribution >= 4 is 17.3 Å². The summed E-state index contributed by atoms with van der Waals surface area (Å²) in [6.45, 7) is 1.95. The summed E-state index contributed by atoms with van der Waals surface area (Å²) < 4.78 is 21.3. The number of methoxy groups -OCH3 is 3. The Morgan fingerprint density at radius 3 is 2.23 bits per heavy atom. The zero-order valence-electron chi connectivity index (χ0n) is 17.6. The monoisotopic (exact) mass is 410 g/mol. The van der Waals surface area contributed by atoms with Crippen LogP contribution in [0, 0.1) is 5.92 Å². The van der Waals surface area contributed by atoms with Crippen molar-refractivity contribution in [3.8, 4) is 17.2 Å². The molecule has 0 heterocycles. The maximum absolute atomic E-state index is 13.1. The van der Waals surface area contributed by atoms with E-state index in [2.05, 4.69) is 0 Å². The van der Waals surface area contributed by atoms with Crippen molar-refractivity contribution < 1.29 is 28.5 Å². The minimum absolute atomic E-state index is 0.219. The van der Waals surface area contributed by atoms with Gasteiger partial charge in [0.1, 0.15) is 23.2 Å². The van der Waals surface area contributed by atoms with Gasteiger partial charge in [-0.15, -0.1) is 0 Å². The van der Waals surface area contributed by atoms with E-state index in [9.17, 15) is 9.59 Å². The molecule has 30 heavy (non-hydrogen) atoms. The SMILES string of the molecule is CCOC(=O)[C@@H]1C(=O)C=C(c2cc(OC)cc(OC)c2)C[C@@H]1c1cccc(OC)c1. The summed E-state index contributed by atoms with van der Waals surface area (Å²) >= 11 is 0. The van der Waals surface area contributed by atoms with Crippen molar-refractivity contribution in [3.63, 3.8) is 0 Å². The molecule has 0 saturated heterocycles. The first-order valence-corrected chi connectivity index (χ1v) is 9.79. The molecular weight excluding hydrogens is 384 g/mol. The maximum atomic E-state index is 13.1. The molecule has 0 radical (unpaired) electrons. The van der Waals surface area contributed by atoms with Crippen molar-refractivity contribution in [1.29, 1.82) is 0 Å². The van der Waals surface area contributed by atoms with Crippen LogP contribution in [0.15, 0.2) is 48.5 Å². The van der Waals surface area contributed by atoms with Crippen LogP contribution < -0.4 is 14.2 Å². The average molecular weight is 410 g/mol. The second-order valence-electron chi connectivity index (χ2n) is 6.99. The number of ketones is 1. The Morgan fingerprint density at radius 1 is 0.967 bits per heavy atom. The highest BCUT2D eigenvalue weighted by molar-refractivity contribution is 6.10. The summed E-state index contributed by atoms with van der Waals surface area (Å²) in [5.41, 5.74) is 2.47. The van der Waals surface area contributed by atoms with Gasteiger partial charge in [0, 0.05) is 12.0 Å². The average Bonchev–Trinajstić information content (AvgIpc) is 2.78. The molecule has 6 heteroatoms. The minimum atomic E-state index is -0.895. The van der Waals surface area contributed by atoms with Crippen LogP contribution in [0.2, 0.25) is 0 Å². The largest absolute Gasteiger partial charge is 0.497 e. The Balaban J connectivity index is 2.07. The van der Waals surface area contributed by atoms with Gasteiger partial charge in [0.2, 0.25) is 0 Å². The Bertz CT molecular complexity index is 940. The summed E-state index contributed by atoms with van der Waals surface area (Å²) in [5, 5.41) is 0. The summed E-state index contributed by atoms with van der Waals surface area (Å²) in [4.78, 5) is 25.7. The van der Waals surface area contributed by atoms with Gasteiger partial charge in [0.15, 0.2) is 5.78 Å². The van der Waals surface area contributed by atoms with Crippen molar-refractivity contribution in [2.45, 2.75) is 19.3 Å². The van der Waals surface area contributed by atoms with E-state index < -0.39 is 11.9 Å². The van der Waals surface area contributed by atoms with Gasteiger partial charge in [-0.05, 0) is 60.4 Å². The molecule has 1 aliphatic carbocycles. The molecule has 1 aliphatic rings. The lowest BCUT2D eigenvalue weighted by Crippen LogP contribution is -2.34. The van der Waals surface area contributed by atoms with Gasteiger partial charge in [-0.3, -0.25) is 9.59 Å². The first-order chi connectivity index (χ1) is 14.5. The Hall–Kier alpha value is -3.28. The molecule has 0 bridgehead atoms. The fraction of sp³-hybridized carbons (Fsp3) is 0.333. The second-order valence-corrected chi connectivity index (χ2v) is 6.99. The van der Waals surface area contributed by atoms with Gasteiger partial charge in [0.25, 0.3) is 0 Å². The third kappa shape index (κ3) is 4.48. The molecule has 0 unspecified atom stereocenters. The van der Waals surface area contributed by atoms with Gasteiger partial charge < -0.3 is 18.9 Å². The summed E-state index contributed by atoms with van der Waals surface area (Å²) in [6, 6.07) is 12.9. The lowest BCUT2D eigenvalue weighted by Gasteiger charge is -2.30. The fourth-order valence-electron chi connectivity index (χ4n) is 3.76. The topological polar surface area (TPSA) is 71.1 Å². The molecule has 158 valence electrons. The van der Waals surface area contributed by atoms with Crippen LogP contribution in [0.25, 0.3) is 5.57 Å². The van der Waals surface area contributed by atoms with Gasteiger partial charge >= 0.3 is 5.97 Å². The molecule has 3 rings (SSSR count).